The smallest absolute Gasteiger partial charge is 0.225 e. The molecule has 1 heterocycles. The van der Waals surface area contributed by atoms with E-state index in [0.29, 0.717) is 29.8 Å². The van der Waals surface area contributed by atoms with E-state index in [9.17, 15) is 9.90 Å². The Morgan fingerprint density at radius 3 is 2.41 bits per heavy atom. The van der Waals surface area contributed by atoms with Crippen LogP contribution in [0.4, 0.5) is 5.82 Å². The number of phenolic OH excluding ortho intramolecular Hbond substituents is 1. The standard InChI is InChI=1S/C32H35N3O2/c36-25-8-9-26-24(15-25)7-10-27-30(26)33-28(19-32-16-21-12-22(17-32)14-23(13-21)18-32)31(34-27)35-29(37)11-6-20-4-2-1-3-5-20/h1-5,8-9,15,21-23,36H,6-7,10-14,16-19H2,(H,34,35,37). The maximum atomic E-state index is 13.1. The Labute approximate surface area is 218 Å². The SMILES string of the molecule is O=C(CCc1ccccc1)Nc1nc2c(nc1CC13CC4CC(CC(C4)C1)C3)-c1ccc(O)cc1CC2. The third kappa shape index (κ3) is 4.43. The van der Waals surface area contributed by atoms with E-state index in [4.69, 9.17) is 9.97 Å². The van der Waals surface area contributed by atoms with Gasteiger partial charge in [-0.25, -0.2) is 9.97 Å². The number of hydrogen-bond acceptors (Lipinski definition) is 4. The number of benzene rings is 2. The number of aryl methyl sites for hydroxylation is 3. The number of aromatic nitrogens is 2. The molecule has 190 valence electrons. The van der Waals surface area contributed by atoms with E-state index in [2.05, 4.69) is 17.4 Å². The number of fused-ring (bicyclic) bond motifs is 3. The Bertz CT molecular complexity index is 1310. The average Bonchev–Trinajstić information content (AvgIpc) is 2.87. The summed E-state index contributed by atoms with van der Waals surface area (Å²) in [6, 6.07) is 15.8. The Balaban J connectivity index is 1.21. The molecule has 3 aromatic rings. The number of aromatic hydroxyl groups is 1. The number of rotatable bonds is 6. The van der Waals surface area contributed by atoms with Crippen molar-refractivity contribution in [3.63, 3.8) is 0 Å². The molecule has 1 aromatic heterocycles. The van der Waals surface area contributed by atoms with Crippen LogP contribution in [0.5, 0.6) is 5.75 Å². The van der Waals surface area contributed by atoms with Gasteiger partial charge in [-0.3, -0.25) is 4.79 Å². The minimum absolute atomic E-state index is 0.00555. The number of hydrogen-bond donors (Lipinski definition) is 2. The number of nitrogens with zero attached hydrogens (tertiary/aromatic N) is 2. The van der Waals surface area contributed by atoms with E-state index in [1.807, 2.05) is 30.3 Å². The van der Waals surface area contributed by atoms with Crippen molar-refractivity contribution in [3.8, 4) is 17.0 Å². The minimum Gasteiger partial charge on any atom is -0.508 e. The lowest BCUT2D eigenvalue weighted by atomic mass is 9.48. The van der Waals surface area contributed by atoms with Crippen molar-refractivity contribution in [1.82, 2.24) is 9.97 Å². The summed E-state index contributed by atoms with van der Waals surface area (Å²) in [4.78, 5) is 23.4. The van der Waals surface area contributed by atoms with Gasteiger partial charge < -0.3 is 10.4 Å². The van der Waals surface area contributed by atoms with Crippen LogP contribution in [-0.4, -0.2) is 21.0 Å². The van der Waals surface area contributed by atoms with Crippen molar-refractivity contribution in [2.75, 3.05) is 5.32 Å². The zero-order valence-electron chi connectivity index (χ0n) is 21.4. The topological polar surface area (TPSA) is 75.1 Å². The fourth-order valence-corrected chi connectivity index (χ4v) is 8.35. The molecule has 5 aliphatic carbocycles. The fourth-order valence-electron chi connectivity index (χ4n) is 8.35. The van der Waals surface area contributed by atoms with Gasteiger partial charge in [0.25, 0.3) is 0 Å². The van der Waals surface area contributed by atoms with Crippen molar-refractivity contribution < 1.29 is 9.90 Å². The normalized spacial score (nSPS) is 27.0. The molecule has 4 bridgehead atoms. The van der Waals surface area contributed by atoms with Crippen LogP contribution in [0.1, 0.15) is 67.5 Å². The highest BCUT2D eigenvalue weighted by Gasteiger charge is 2.51. The molecule has 4 fully saturated rings. The molecule has 4 saturated carbocycles. The molecule has 0 unspecified atom stereocenters. The van der Waals surface area contributed by atoms with Crippen molar-refractivity contribution >= 4 is 11.7 Å². The maximum absolute atomic E-state index is 13.1. The van der Waals surface area contributed by atoms with E-state index in [0.717, 1.165) is 65.2 Å². The summed E-state index contributed by atoms with van der Waals surface area (Å²) >= 11 is 0. The van der Waals surface area contributed by atoms with Gasteiger partial charge in [0, 0.05) is 12.0 Å². The van der Waals surface area contributed by atoms with Gasteiger partial charge >= 0.3 is 0 Å². The summed E-state index contributed by atoms with van der Waals surface area (Å²) in [6.07, 6.45) is 11.8. The lowest BCUT2D eigenvalue weighted by Crippen LogP contribution is -2.47. The van der Waals surface area contributed by atoms with Crippen LogP contribution in [0.2, 0.25) is 0 Å². The van der Waals surface area contributed by atoms with Crippen molar-refractivity contribution in [3.05, 3.63) is 71.0 Å². The van der Waals surface area contributed by atoms with Gasteiger partial charge in [-0.1, -0.05) is 30.3 Å². The molecule has 0 saturated heterocycles. The van der Waals surface area contributed by atoms with Gasteiger partial charge in [0.15, 0.2) is 5.82 Å². The highest BCUT2D eigenvalue weighted by atomic mass is 16.3. The van der Waals surface area contributed by atoms with Gasteiger partial charge in [0.1, 0.15) is 5.75 Å². The number of anilines is 1. The van der Waals surface area contributed by atoms with Crippen LogP contribution in [0.15, 0.2) is 48.5 Å². The van der Waals surface area contributed by atoms with E-state index in [-0.39, 0.29) is 5.91 Å². The number of phenols is 1. The molecule has 2 aromatic carbocycles. The first kappa shape index (κ1) is 22.9. The predicted octanol–water partition coefficient (Wildman–Crippen LogP) is 6.28. The lowest BCUT2D eigenvalue weighted by Gasteiger charge is -2.57. The third-order valence-corrected chi connectivity index (χ3v) is 9.46. The Morgan fingerprint density at radius 1 is 0.946 bits per heavy atom. The lowest BCUT2D eigenvalue weighted by molar-refractivity contribution is -0.116. The summed E-state index contributed by atoms with van der Waals surface area (Å²) < 4.78 is 0. The molecule has 0 atom stereocenters. The van der Waals surface area contributed by atoms with Crippen molar-refractivity contribution in [2.24, 2.45) is 23.2 Å². The van der Waals surface area contributed by atoms with Crippen LogP contribution in [0.3, 0.4) is 0 Å². The molecule has 0 aliphatic heterocycles. The summed E-state index contributed by atoms with van der Waals surface area (Å²) in [7, 11) is 0. The average molecular weight is 494 g/mol. The second kappa shape index (κ2) is 8.97. The first-order valence-electron chi connectivity index (χ1n) is 14.1. The summed E-state index contributed by atoms with van der Waals surface area (Å²) in [5.41, 5.74) is 6.50. The molecular weight excluding hydrogens is 458 g/mol. The van der Waals surface area contributed by atoms with Crippen molar-refractivity contribution in [1.29, 1.82) is 0 Å². The number of carbonyl (C=O) groups excluding carboxylic acids is 1. The Hall–Kier alpha value is -3.21. The zero-order valence-corrected chi connectivity index (χ0v) is 21.4. The van der Waals surface area contributed by atoms with Crippen LogP contribution >= 0.6 is 0 Å². The van der Waals surface area contributed by atoms with Gasteiger partial charge in [-0.2, -0.15) is 0 Å². The van der Waals surface area contributed by atoms with Gasteiger partial charge in [0.2, 0.25) is 5.91 Å². The molecule has 0 radical (unpaired) electrons. The summed E-state index contributed by atoms with van der Waals surface area (Å²) in [5, 5.41) is 13.2. The van der Waals surface area contributed by atoms with Gasteiger partial charge in [0.05, 0.1) is 17.1 Å². The second-order valence-electron chi connectivity index (χ2n) is 12.3. The number of carbonyl (C=O) groups is 1. The van der Waals surface area contributed by atoms with Crippen molar-refractivity contribution in [2.45, 2.75) is 70.6 Å². The number of nitrogens with one attached hydrogen (secondary N) is 1. The van der Waals surface area contributed by atoms with Gasteiger partial charge in [-0.15, -0.1) is 0 Å². The molecule has 37 heavy (non-hydrogen) atoms. The van der Waals surface area contributed by atoms with E-state index in [1.165, 1.54) is 44.1 Å². The molecule has 5 nitrogen and oxygen atoms in total. The molecule has 1 amide bonds. The predicted molar refractivity (Wildman–Crippen MR) is 144 cm³/mol. The first-order valence-corrected chi connectivity index (χ1v) is 14.1. The fraction of sp³-hybridized carbons (Fsp3) is 0.469. The zero-order chi connectivity index (χ0) is 25.0. The highest BCUT2D eigenvalue weighted by molar-refractivity contribution is 5.90. The van der Waals surface area contributed by atoms with E-state index < -0.39 is 0 Å². The Kier molecular flexibility index (Phi) is 5.56. The second-order valence-corrected chi connectivity index (χ2v) is 12.3. The van der Waals surface area contributed by atoms with Gasteiger partial charge in [-0.05, 0) is 117 Å². The minimum atomic E-state index is 0.00555. The first-order chi connectivity index (χ1) is 18.0. The van der Waals surface area contributed by atoms with E-state index in [1.54, 1.807) is 6.07 Å². The van der Waals surface area contributed by atoms with Crippen LogP contribution in [0, 0.1) is 23.2 Å². The highest BCUT2D eigenvalue weighted by Crippen LogP contribution is 2.61. The molecule has 2 N–H and O–H groups in total. The molecule has 0 spiro atoms. The molecule has 5 heteroatoms. The summed E-state index contributed by atoms with van der Waals surface area (Å²) in [6.45, 7) is 0. The molecule has 5 aliphatic rings. The Morgan fingerprint density at radius 2 is 1.68 bits per heavy atom. The van der Waals surface area contributed by atoms with Crippen LogP contribution < -0.4 is 5.32 Å². The van der Waals surface area contributed by atoms with E-state index >= 15 is 0 Å². The van der Waals surface area contributed by atoms with Crippen LogP contribution in [0.25, 0.3) is 11.3 Å². The third-order valence-electron chi connectivity index (χ3n) is 9.46. The quantitative estimate of drug-likeness (QED) is 0.424. The molecule has 8 rings (SSSR count). The maximum Gasteiger partial charge on any atom is 0.225 e. The monoisotopic (exact) mass is 493 g/mol. The molecular formula is C32H35N3O2. The summed E-state index contributed by atoms with van der Waals surface area (Å²) in [5.74, 6) is 3.57. The largest absolute Gasteiger partial charge is 0.508 e. The van der Waals surface area contributed by atoms with Crippen LogP contribution in [-0.2, 0) is 30.5 Å². The number of amides is 1.